The molecule has 0 aliphatic heterocycles. The van der Waals surface area contributed by atoms with Gasteiger partial charge in [-0.1, -0.05) is 260 Å². The van der Waals surface area contributed by atoms with Crippen LogP contribution in [0.1, 0.15) is 289 Å². The highest BCUT2D eigenvalue weighted by Gasteiger charge is 2.19. The zero-order chi connectivity index (χ0) is 66.2. The predicted molar refractivity (Wildman–Crippen MR) is 366 cm³/mol. The van der Waals surface area contributed by atoms with Crippen molar-refractivity contribution in [2.75, 3.05) is 28.4 Å². The fourth-order valence-corrected chi connectivity index (χ4v) is 13.7. The molecule has 0 heterocycles. The predicted octanol–water partition coefficient (Wildman–Crippen LogP) is 20.6. The molecule has 0 aromatic heterocycles. The van der Waals surface area contributed by atoms with E-state index in [0.29, 0.717) is 23.7 Å². The van der Waals surface area contributed by atoms with E-state index in [0.717, 1.165) is 43.4 Å². The number of rotatable bonds is 41. The average Bonchev–Trinajstić information content (AvgIpc) is 3.72. The van der Waals surface area contributed by atoms with E-state index in [4.69, 9.17) is 0 Å². The molecular formula is C72H120O12S4. The van der Waals surface area contributed by atoms with E-state index in [2.05, 4.69) is 92.9 Å². The van der Waals surface area contributed by atoms with Crippen LogP contribution in [-0.4, -0.2) is 62.1 Å². The van der Waals surface area contributed by atoms with E-state index in [-0.39, 0.29) is 19.6 Å². The fraction of sp³-hybridized carbons (Fsp3) is 0.667. The van der Waals surface area contributed by atoms with Crippen molar-refractivity contribution in [1.29, 1.82) is 0 Å². The van der Waals surface area contributed by atoms with Crippen LogP contribution in [0.25, 0.3) is 0 Å². The maximum Gasteiger partial charge on any atom is 0.296 e. The summed E-state index contributed by atoms with van der Waals surface area (Å²) in [5.41, 5.74) is 4.80. The molecule has 16 heteroatoms. The van der Waals surface area contributed by atoms with Gasteiger partial charge in [0.2, 0.25) is 0 Å². The summed E-state index contributed by atoms with van der Waals surface area (Å²) < 4.78 is 111. The highest BCUT2D eigenvalue weighted by Crippen LogP contribution is 2.31. The zero-order valence-electron chi connectivity index (χ0n) is 57.2. The number of hydrogen-bond donors (Lipinski definition) is 0. The van der Waals surface area contributed by atoms with Crippen molar-refractivity contribution < 1.29 is 50.4 Å². The SMILES string of the molecule is CCCC(C)CCCC(CC)c1ccc(S(=O)(=O)OC)cc1.CCCC(C)CCCCC(C)c1ccc(S(=O)(=O)OC)cc1.CCCCCC(C)CCC(C)c1ccc(S(=O)(=O)OC)cc1.CCCCCCCCCC(C)c1ccc(S(=O)(=O)OC)cc1. The van der Waals surface area contributed by atoms with Gasteiger partial charge in [-0.15, -0.1) is 0 Å². The van der Waals surface area contributed by atoms with Crippen LogP contribution in [0.5, 0.6) is 0 Å². The van der Waals surface area contributed by atoms with Crippen LogP contribution < -0.4 is 0 Å². The summed E-state index contributed by atoms with van der Waals surface area (Å²) in [5.74, 6) is 4.29. The minimum Gasteiger partial charge on any atom is -0.270 e. The van der Waals surface area contributed by atoms with E-state index in [9.17, 15) is 33.7 Å². The van der Waals surface area contributed by atoms with Gasteiger partial charge in [0.25, 0.3) is 40.5 Å². The quantitative estimate of drug-likeness (QED) is 0.0304. The minimum atomic E-state index is -3.58. The third kappa shape index (κ3) is 33.2. The Labute approximate surface area is 539 Å². The van der Waals surface area contributed by atoms with Gasteiger partial charge in [-0.3, -0.25) is 16.7 Å². The van der Waals surface area contributed by atoms with Crippen LogP contribution in [0, 0.1) is 17.8 Å². The molecule has 0 spiro atoms. The molecule has 0 fully saturated rings. The molecule has 0 aliphatic carbocycles. The van der Waals surface area contributed by atoms with E-state index in [1.807, 2.05) is 48.5 Å². The average molecular weight is 1310 g/mol. The van der Waals surface area contributed by atoms with Gasteiger partial charge in [0.15, 0.2) is 0 Å². The lowest BCUT2D eigenvalue weighted by molar-refractivity contribution is 0.396. The van der Waals surface area contributed by atoms with Crippen molar-refractivity contribution in [3.05, 3.63) is 119 Å². The summed E-state index contributed by atoms with van der Waals surface area (Å²) in [6.45, 7) is 24.8. The lowest BCUT2D eigenvalue weighted by Crippen LogP contribution is -2.04. The normalized spacial score (nSPS) is 14.4. The summed E-state index contributed by atoms with van der Waals surface area (Å²) in [6, 6.07) is 28.4. The maximum absolute atomic E-state index is 11.6. The van der Waals surface area contributed by atoms with Crippen molar-refractivity contribution in [1.82, 2.24) is 0 Å². The summed E-state index contributed by atoms with van der Waals surface area (Å²) in [7, 11) is -9.56. The van der Waals surface area contributed by atoms with Crippen LogP contribution in [0.2, 0.25) is 0 Å². The molecule has 0 N–H and O–H groups in total. The lowest BCUT2D eigenvalue weighted by atomic mass is 9.89. The Morgan fingerprint density at radius 2 is 0.534 bits per heavy atom. The molecule has 0 aliphatic rings. The molecule has 504 valence electrons. The van der Waals surface area contributed by atoms with Crippen molar-refractivity contribution in [3.8, 4) is 0 Å². The summed E-state index contributed by atoms with van der Waals surface area (Å²) >= 11 is 0. The van der Waals surface area contributed by atoms with Gasteiger partial charge in [0.05, 0.1) is 48.0 Å². The molecule has 0 bridgehead atoms. The van der Waals surface area contributed by atoms with E-state index >= 15 is 0 Å². The van der Waals surface area contributed by atoms with E-state index < -0.39 is 40.5 Å². The lowest BCUT2D eigenvalue weighted by Gasteiger charge is -2.17. The van der Waals surface area contributed by atoms with Crippen molar-refractivity contribution >= 4 is 40.5 Å². The van der Waals surface area contributed by atoms with Gasteiger partial charge < -0.3 is 0 Å². The second-order valence-corrected chi connectivity index (χ2v) is 31.5. The first kappa shape index (κ1) is 82.5. The monoisotopic (exact) mass is 1300 g/mol. The Morgan fingerprint density at radius 3 is 0.864 bits per heavy atom. The van der Waals surface area contributed by atoms with E-state index in [1.54, 1.807) is 48.5 Å². The van der Waals surface area contributed by atoms with Crippen LogP contribution >= 0.6 is 0 Å². The van der Waals surface area contributed by atoms with Crippen LogP contribution in [-0.2, 0) is 57.2 Å². The molecule has 7 atom stereocenters. The minimum absolute atomic E-state index is 0.221. The molecule has 7 unspecified atom stereocenters. The van der Waals surface area contributed by atoms with Crippen LogP contribution in [0.15, 0.2) is 117 Å². The Bertz CT molecular complexity index is 2860. The van der Waals surface area contributed by atoms with Crippen molar-refractivity contribution in [3.63, 3.8) is 0 Å². The molecule has 0 saturated carbocycles. The van der Waals surface area contributed by atoms with Gasteiger partial charge >= 0.3 is 0 Å². The van der Waals surface area contributed by atoms with Gasteiger partial charge in [0, 0.05) is 0 Å². The molecule has 88 heavy (non-hydrogen) atoms. The molecule has 4 aromatic carbocycles. The molecule has 4 aromatic rings. The maximum atomic E-state index is 11.6. The zero-order valence-corrected chi connectivity index (χ0v) is 60.5. The first-order chi connectivity index (χ1) is 41.8. The number of benzene rings is 4. The Balaban J connectivity index is 0.000000587. The molecule has 4 rings (SSSR count). The largest absolute Gasteiger partial charge is 0.296 e. The van der Waals surface area contributed by atoms with Crippen LogP contribution in [0.4, 0.5) is 0 Å². The second-order valence-electron chi connectivity index (χ2n) is 24.7. The third-order valence-corrected chi connectivity index (χ3v) is 22.4. The Morgan fingerprint density at radius 1 is 0.273 bits per heavy atom. The first-order valence-corrected chi connectivity index (χ1v) is 39.0. The van der Waals surface area contributed by atoms with Crippen molar-refractivity contribution in [2.24, 2.45) is 17.8 Å². The fourth-order valence-electron chi connectivity index (χ4n) is 11.0. The Kier molecular flexibility index (Phi) is 42.9. The van der Waals surface area contributed by atoms with Gasteiger partial charge in [-0.2, -0.15) is 33.7 Å². The smallest absolute Gasteiger partial charge is 0.270 e. The molecule has 0 amide bonds. The molecule has 0 radical (unpaired) electrons. The number of hydrogen-bond acceptors (Lipinski definition) is 12. The third-order valence-electron chi connectivity index (χ3n) is 17.3. The first-order valence-electron chi connectivity index (χ1n) is 33.4. The molecular weight excluding hydrogens is 1190 g/mol. The summed E-state index contributed by atoms with van der Waals surface area (Å²) in [4.78, 5) is 0.894. The number of unbranched alkanes of at least 4 members (excludes halogenated alkanes) is 9. The van der Waals surface area contributed by atoms with Gasteiger partial charge in [-0.25, -0.2) is 0 Å². The van der Waals surface area contributed by atoms with Crippen molar-refractivity contribution in [2.45, 2.75) is 286 Å². The topological polar surface area (TPSA) is 173 Å². The van der Waals surface area contributed by atoms with Gasteiger partial charge in [-0.05, 0) is 144 Å². The Hall–Kier alpha value is -3.48. The highest BCUT2D eigenvalue weighted by molar-refractivity contribution is 7.87. The van der Waals surface area contributed by atoms with Crippen LogP contribution in [0.3, 0.4) is 0 Å². The van der Waals surface area contributed by atoms with E-state index in [1.165, 1.54) is 192 Å². The summed E-state index contributed by atoms with van der Waals surface area (Å²) in [6.07, 6.45) is 32.9. The standard InChI is InChI=1S/4C18H30O3S/c1-5-8-15(2)9-6-7-10-16(3)17-11-13-18(14-12-17)22(19,20)21-4;1-5-6-7-8-15(2)9-10-16(3)17-11-13-18(14-12-17)22(19,20)21-4;1-5-8-15(3)9-7-10-16(6-2)17-11-13-18(14-12-17)22(19,20)21-4;1-4-5-6-7-8-9-10-11-16(2)17-12-14-18(15-13-17)22(19,20)21-3/h3*11-16H,5-10H2,1-4H3;12-16H,4-11H2,1-3H3. The molecule has 0 saturated heterocycles. The molecule has 12 nitrogen and oxygen atoms in total. The highest BCUT2D eigenvalue weighted by atomic mass is 32.2. The second kappa shape index (κ2) is 45.7. The van der Waals surface area contributed by atoms with Gasteiger partial charge in [0.1, 0.15) is 0 Å². The summed E-state index contributed by atoms with van der Waals surface area (Å²) in [5, 5.41) is 0.